The number of non-ortho nitro benzene ring substituents is 1. The predicted molar refractivity (Wildman–Crippen MR) is 228 cm³/mol. The molecule has 0 heterocycles. The molecule has 3 aromatic carbocycles. The molecule has 0 aliphatic heterocycles. The molecular formula is C43H64N6O8. The number of nitro benzene ring substituents is 1. The normalized spacial score (nSPS) is 10.7. The van der Waals surface area contributed by atoms with Crippen LogP contribution in [0.1, 0.15) is 110 Å². The molecule has 0 amide bonds. The summed E-state index contributed by atoms with van der Waals surface area (Å²) in [6.07, 6.45) is 15.1. The molecule has 3 rings (SSSR count). The lowest BCUT2D eigenvalue weighted by Gasteiger charge is -2.26. The van der Waals surface area contributed by atoms with E-state index >= 15 is 0 Å². The first-order valence-corrected chi connectivity index (χ1v) is 20.5. The van der Waals surface area contributed by atoms with Gasteiger partial charge >= 0.3 is 11.9 Å². The minimum absolute atomic E-state index is 0.0342. The van der Waals surface area contributed by atoms with Crippen molar-refractivity contribution in [3.05, 3.63) is 70.3 Å². The number of benzene rings is 3. The molecule has 14 heteroatoms. The number of nitro groups is 1. The van der Waals surface area contributed by atoms with Gasteiger partial charge in [0.1, 0.15) is 37.9 Å². The monoisotopic (exact) mass is 792 g/mol. The van der Waals surface area contributed by atoms with E-state index in [4.69, 9.17) is 18.9 Å². The fraction of sp³-hybridized carbons (Fsp3) is 0.535. The lowest BCUT2D eigenvalue weighted by atomic mass is 10.1. The Morgan fingerprint density at radius 2 is 1.09 bits per heavy atom. The van der Waals surface area contributed by atoms with Crippen LogP contribution < -0.4 is 36.1 Å². The zero-order chi connectivity index (χ0) is 41.3. The van der Waals surface area contributed by atoms with Gasteiger partial charge in [-0.05, 0) is 55.7 Å². The third-order valence-electron chi connectivity index (χ3n) is 9.26. The Kier molecular flexibility index (Phi) is 21.3. The van der Waals surface area contributed by atoms with Gasteiger partial charge in [-0.1, -0.05) is 78.1 Å². The topological polar surface area (TPSA) is 166 Å². The number of rotatable bonds is 30. The molecule has 0 fully saturated rings. The zero-order valence-electron chi connectivity index (χ0n) is 34.6. The molecular weight excluding hydrogens is 729 g/mol. The Morgan fingerprint density at radius 1 is 0.614 bits per heavy atom. The third-order valence-corrected chi connectivity index (χ3v) is 9.26. The van der Waals surface area contributed by atoms with Crippen molar-refractivity contribution in [2.24, 2.45) is 0 Å². The van der Waals surface area contributed by atoms with E-state index in [2.05, 4.69) is 65.6 Å². The van der Waals surface area contributed by atoms with E-state index in [1.54, 1.807) is 24.3 Å². The van der Waals surface area contributed by atoms with Crippen LogP contribution in [0.15, 0.2) is 54.6 Å². The Bertz CT molecular complexity index is 1640. The molecule has 0 saturated carbocycles. The number of carbonyl (C=O) groups is 2. The lowest BCUT2D eigenvalue weighted by molar-refractivity contribution is -0.384. The van der Waals surface area contributed by atoms with Gasteiger partial charge in [0, 0.05) is 56.9 Å². The van der Waals surface area contributed by atoms with Crippen molar-refractivity contribution in [2.75, 3.05) is 66.1 Å². The molecule has 0 bridgehead atoms. The van der Waals surface area contributed by atoms with Gasteiger partial charge in [0.05, 0.1) is 27.7 Å². The van der Waals surface area contributed by atoms with Crippen molar-refractivity contribution >= 4 is 46.1 Å². The first-order chi connectivity index (χ1) is 27.6. The van der Waals surface area contributed by atoms with E-state index in [0.29, 0.717) is 28.6 Å². The number of nitrogens with zero attached hydrogens (tertiary/aromatic N) is 2. The first-order valence-electron chi connectivity index (χ1n) is 20.5. The van der Waals surface area contributed by atoms with Gasteiger partial charge in [-0.25, -0.2) is 0 Å². The van der Waals surface area contributed by atoms with Crippen LogP contribution >= 0.6 is 0 Å². The molecule has 0 atom stereocenters. The van der Waals surface area contributed by atoms with Gasteiger partial charge in [0.15, 0.2) is 0 Å². The number of unbranched alkanes of at least 4 members (excludes halogenated alkanes) is 10. The van der Waals surface area contributed by atoms with Crippen molar-refractivity contribution in [3.63, 3.8) is 0 Å². The molecule has 0 aliphatic carbocycles. The Labute approximate surface area is 338 Å². The summed E-state index contributed by atoms with van der Waals surface area (Å²) in [6.45, 7) is 11.6. The average Bonchev–Trinajstić information content (AvgIpc) is 3.19. The molecule has 0 spiro atoms. The number of nitrogens with one attached hydrogen (secondary N) is 4. The van der Waals surface area contributed by atoms with Gasteiger partial charge in [-0.2, -0.15) is 0 Å². The zero-order valence-corrected chi connectivity index (χ0v) is 34.6. The standard InChI is InChI=1S/C43H64N6O8/c1-6-8-10-12-14-16-24-48(25-17-15-13-11-9-7-2)38-22-23-39(33(3)30-38)45-47-41-32-42(56-28-26-54-34(4)50)40(31-43(41)57-29-27-55-35(5)51)46-44-36-18-20-37(21-19-36)49(52)53/h18-23,30-32,44-47H,6-17,24-29H2,1-5H3. The maximum absolute atomic E-state index is 11.4. The third kappa shape index (κ3) is 17.9. The first kappa shape index (κ1) is 46.0. The summed E-state index contributed by atoms with van der Waals surface area (Å²) < 4.78 is 22.3. The van der Waals surface area contributed by atoms with Gasteiger partial charge in [0.25, 0.3) is 5.69 Å². The summed E-state index contributed by atoms with van der Waals surface area (Å²) in [7, 11) is 0. The van der Waals surface area contributed by atoms with Gasteiger partial charge in [-0.15, -0.1) is 0 Å². The van der Waals surface area contributed by atoms with Crippen LogP contribution in [0.5, 0.6) is 11.5 Å². The molecule has 314 valence electrons. The number of anilines is 5. The predicted octanol–water partition coefficient (Wildman–Crippen LogP) is 10.2. The fourth-order valence-electron chi connectivity index (χ4n) is 6.13. The molecule has 0 saturated heterocycles. The van der Waals surface area contributed by atoms with E-state index in [1.807, 2.05) is 0 Å². The summed E-state index contributed by atoms with van der Waals surface area (Å²) in [5.41, 5.74) is 17.4. The highest BCUT2D eigenvalue weighted by atomic mass is 16.6. The van der Waals surface area contributed by atoms with E-state index < -0.39 is 16.9 Å². The maximum Gasteiger partial charge on any atom is 0.302 e. The maximum atomic E-state index is 11.4. The van der Waals surface area contributed by atoms with Crippen LogP contribution in [0.4, 0.5) is 34.1 Å². The molecule has 0 aromatic heterocycles. The minimum Gasteiger partial charge on any atom is -0.488 e. The number of aryl methyl sites for hydroxylation is 1. The number of hydrazine groups is 2. The molecule has 0 unspecified atom stereocenters. The highest BCUT2D eigenvalue weighted by Gasteiger charge is 2.16. The number of hydrogen-bond acceptors (Lipinski definition) is 13. The van der Waals surface area contributed by atoms with Crippen molar-refractivity contribution < 1.29 is 33.5 Å². The average molecular weight is 793 g/mol. The number of carbonyl (C=O) groups excluding carboxylic acids is 2. The second kappa shape index (κ2) is 26.5. The van der Waals surface area contributed by atoms with Crippen LogP contribution in [0, 0.1) is 17.0 Å². The molecule has 0 radical (unpaired) electrons. The van der Waals surface area contributed by atoms with Crippen LogP contribution in [0.3, 0.4) is 0 Å². The second-order valence-electron chi connectivity index (χ2n) is 14.0. The van der Waals surface area contributed by atoms with E-state index in [0.717, 1.165) is 24.3 Å². The number of ether oxygens (including phenoxy) is 4. The fourth-order valence-corrected chi connectivity index (χ4v) is 6.13. The largest absolute Gasteiger partial charge is 0.488 e. The SMILES string of the molecule is CCCCCCCCN(CCCCCCCC)c1ccc(NNc2cc(OCCOC(C)=O)c(NNc3ccc([N+](=O)[O-])cc3)cc2OCCOC(C)=O)c(C)c1. The summed E-state index contributed by atoms with van der Waals surface area (Å²) in [5, 5.41) is 11.1. The van der Waals surface area contributed by atoms with Crippen molar-refractivity contribution in [3.8, 4) is 11.5 Å². The number of esters is 2. The van der Waals surface area contributed by atoms with Gasteiger partial charge in [0.2, 0.25) is 0 Å². The molecule has 57 heavy (non-hydrogen) atoms. The van der Waals surface area contributed by atoms with Crippen molar-refractivity contribution in [1.82, 2.24) is 0 Å². The van der Waals surface area contributed by atoms with Crippen LogP contribution in [0.25, 0.3) is 0 Å². The second-order valence-corrected chi connectivity index (χ2v) is 14.0. The summed E-state index contributed by atoms with van der Waals surface area (Å²) in [5.74, 6) is -0.0379. The summed E-state index contributed by atoms with van der Waals surface area (Å²) in [4.78, 5) is 36.0. The van der Waals surface area contributed by atoms with Gasteiger partial charge < -0.3 is 34.7 Å². The molecule has 14 nitrogen and oxygen atoms in total. The Hall–Kier alpha value is -5.40. The van der Waals surface area contributed by atoms with Crippen LogP contribution in [-0.2, 0) is 19.1 Å². The van der Waals surface area contributed by atoms with Gasteiger partial charge in [-0.3, -0.25) is 30.6 Å². The highest BCUT2D eigenvalue weighted by Crippen LogP contribution is 2.37. The number of hydrogen-bond donors (Lipinski definition) is 4. The summed E-state index contributed by atoms with van der Waals surface area (Å²) >= 11 is 0. The highest BCUT2D eigenvalue weighted by molar-refractivity contribution is 5.74. The van der Waals surface area contributed by atoms with Crippen molar-refractivity contribution in [2.45, 2.75) is 112 Å². The van der Waals surface area contributed by atoms with Crippen molar-refractivity contribution in [1.29, 1.82) is 0 Å². The molecule has 0 aliphatic rings. The minimum atomic E-state index is -0.468. The van der Waals surface area contributed by atoms with Crippen LogP contribution in [-0.4, -0.2) is 56.4 Å². The molecule has 3 aromatic rings. The smallest absolute Gasteiger partial charge is 0.302 e. The molecule has 4 N–H and O–H groups in total. The van der Waals surface area contributed by atoms with Crippen LogP contribution in [0.2, 0.25) is 0 Å². The summed E-state index contributed by atoms with van der Waals surface area (Å²) in [6, 6.07) is 15.8. The Morgan fingerprint density at radius 3 is 1.56 bits per heavy atom. The van der Waals surface area contributed by atoms with E-state index in [1.165, 1.54) is 109 Å². The van der Waals surface area contributed by atoms with E-state index in [9.17, 15) is 19.7 Å². The lowest BCUT2D eigenvalue weighted by Crippen LogP contribution is -2.26. The quantitative estimate of drug-likeness (QED) is 0.0218. The van der Waals surface area contributed by atoms with E-state index in [-0.39, 0.29) is 32.1 Å². The Balaban J connectivity index is 1.83.